The summed E-state index contributed by atoms with van der Waals surface area (Å²) in [7, 11) is 0. The van der Waals surface area contributed by atoms with Crippen molar-refractivity contribution in [2.75, 3.05) is 11.9 Å². The van der Waals surface area contributed by atoms with Crippen molar-refractivity contribution in [2.45, 2.75) is 57.0 Å². The number of carbonyl (C=O) groups excluding carboxylic acids is 1. The third kappa shape index (κ3) is 2.70. The largest absolute Gasteiger partial charge is 0.508 e. The lowest BCUT2D eigenvalue weighted by Gasteiger charge is -2.53. The zero-order valence-corrected chi connectivity index (χ0v) is 16.9. The van der Waals surface area contributed by atoms with Crippen molar-refractivity contribution in [2.24, 2.45) is 17.3 Å². The molecule has 3 N–H and O–H groups in total. The van der Waals surface area contributed by atoms with Crippen molar-refractivity contribution in [3.05, 3.63) is 29.3 Å². The van der Waals surface area contributed by atoms with Gasteiger partial charge in [0, 0.05) is 12.0 Å². The third-order valence-electron chi connectivity index (χ3n) is 7.73. The molecule has 3 aliphatic carbocycles. The minimum atomic E-state index is -0.810. The van der Waals surface area contributed by atoms with Crippen LogP contribution in [0.4, 0.5) is 0 Å². The Balaban J connectivity index is 1.58. The molecule has 0 radical (unpaired) electrons. The molecule has 0 aromatic heterocycles. The molecule has 0 saturated heterocycles. The highest BCUT2D eigenvalue weighted by Gasteiger charge is 2.61. The molecule has 0 spiro atoms. The minimum Gasteiger partial charge on any atom is -0.508 e. The van der Waals surface area contributed by atoms with Crippen molar-refractivity contribution < 1.29 is 15.0 Å². The standard InChI is InChI=1S/C21H28BrNO3/c1-20-8-6-16-15-5-3-14(24)10-13(15)2-4-17(16)18(20)7-9-21(20,26)12-23-19(25)11-22/h3,5,10,16-18,24,26H,2,4,6-9,11-12H2,1H3,(H,23,25)/t16-,17-,18+,20+,21+/m1/s1. The van der Waals surface area contributed by atoms with Crippen LogP contribution in [0.3, 0.4) is 0 Å². The van der Waals surface area contributed by atoms with Gasteiger partial charge in [-0.05, 0) is 79.5 Å². The molecule has 2 fully saturated rings. The zero-order valence-electron chi connectivity index (χ0n) is 15.3. The van der Waals surface area contributed by atoms with Crippen LogP contribution in [0, 0.1) is 17.3 Å². The van der Waals surface area contributed by atoms with Crippen LogP contribution >= 0.6 is 15.9 Å². The molecule has 4 nitrogen and oxygen atoms in total. The second-order valence-electron chi connectivity index (χ2n) is 8.74. The molecular weight excluding hydrogens is 394 g/mol. The van der Waals surface area contributed by atoms with E-state index in [1.807, 2.05) is 12.1 Å². The first-order valence-electron chi connectivity index (χ1n) is 9.75. The molecule has 4 rings (SSSR count). The Bertz CT molecular complexity index is 723. The summed E-state index contributed by atoms with van der Waals surface area (Å²) in [5, 5.41) is 24.4. The number of carbonyl (C=O) groups is 1. The van der Waals surface area contributed by atoms with Gasteiger partial charge >= 0.3 is 0 Å². The maximum atomic E-state index is 11.7. The van der Waals surface area contributed by atoms with Crippen molar-refractivity contribution in [1.82, 2.24) is 5.32 Å². The maximum Gasteiger partial charge on any atom is 0.230 e. The van der Waals surface area contributed by atoms with Gasteiger partial charge in [-0.1, -0.05) is 28.9 Å². The van der Waals surface area contributed by atoms with E-state index in [1.54, 1.807) is 0 Å². The summed E-state index contributed by atoms with van der Waals surface area (Å²) < 4.78 is 0. The number of fused-ring (bicyclic) bond motifs is 5. The number of hydrogen-bond acceptors (Lipinski definition) is 3. The molecule has 1 aromatic carbocycles. The Labute approximate surface area is 163 Å². The zero-order chi connectivity index (χ0) is 18.5. The van der Waals surface area contributed by atoms with Crippen molar-refractivity contribution >= 4 is 21.8 Å². The SMILES string of the molecule is C[C@]12CC[C@@H]3c4ccc(O)cc4CC[C@H]3[C@@H]1CC[C@]2(O)CNC(=O)CBr. The molecule has 1 aromatic rings. The molecule has 26 heavy (non-hydrogen) atoms. The number of halogens is 1. The summed E-state index contributed by atoms with van der Waals surface area (Å²) in [5.41, 5.74) is 1.76. The van der Waals surface area contributed by atoms with Crippen molar-refractivity contribution in [3.8, 4) is 5.75 Å². The van der Waals surface area contributed by atoms with Gasteiger partial charge < -0.3 is 15.5 Å². The highest BCUT2D eigenvalue weighted by Crippen LogP contribution is 2.64. The monoisotopic (exact) mass is 421 g/mol. The highest BCUT2D eigenvalue weighted by atomic mass is 79.9. The van der Waals surface area contributed by atoms with Crippen molar-refractivity contribution in [1.29, 1.82) is 0 Å². The van der Waals surface area contributed by atoms with E-state index in [9.17, 15) is 15.0 Å². The van der Waals surface area contributed by atoms with Crippen LogP contribution in [0.15, 0.2) is 18.2 Å². The van der Waals surface area contributed by atoms with Gasteiger partial charge in [0.05, 0.1) is 10.9 Å². The second-order valence-corrected chi connectivity index (χ2v) is 9.30. The normalized spacial score (nSPS) is 38.2. The number of phenols is 1. The summed E-state index contributed by atoms with van der Waals surface area (Å²) in [6.45, 7) is 2.60. The van der Waals surface area contributed by atoms with Crippen LogP contribution in [0.1, 0.15) is 56.1 Å². The molecule has 0 heterocycles. The molecule has 5 atom stereocenters. The van der Waals surface area contributed by atoms with Crippen LogP contribution in [-0.2, 0) is 11.2 Å². The van der Waals surface area contributed by atoms with Crippen LogP contribution in [0.5, 0.6) is 5.75 Å². The van der Waals surface area contributed by atoms with E-state index in [-0.39, 0.29) is 16.7 Å². The molecule has 0 unspecified atom stereocenters. The molecule has 2 saturated carbocycles. The third-order valence-corrected chi connectivity index (χ3v) is 8.24. The fraction of sp³-hybridized carbons (Fsp3) is 0.667. The number of benzene rings is 1. The topological polar surface area (TPSA) is 69.6 Å². The van der Waals surface area contributed by atoms with Gasteiger partial charge in [-0.2, -0.15) is 0 Å². The number of aryl methyl sites for hydroxylation is 1. The predicted molar refractivity (Wildman–Crippen MR) is 104 cm³/mol. The van der Waals surface area contributed by atoms with E-state index in [0.717, 1.165) is 38.5 Å². The molecular formula is C21H28BrNO3. The van der Waals surface area contributed by atoms with Crippen LogP contribution < -0.4 is 5.32 Å². The number of aliphatic hydroxyl groups is 1. The quantitative estimate of drug-likeness (QED) is 0.654. The molecule has 0 aliphatic heterocycles. The number of phenolic OH excluding ortho intramolecular Hbond substituents is 1. The molecule has 1 amide bonds. The Morgan fingerprint density at radius 1 is 1.31 bits per heavy atom. The summed E-state index contributed by atoms with van der Waals surface area (Å²) in [5.74, 6) is 1.92. The number of amides is 1. The van der Waals surface area contributed by atoms with Gasteiger partial charge in [0.25, 0.3) is 0 Å². The summed E-state index contributed by atoms with van der Waals surface area (Å²) in [4.78, 5) is 11.7. The van der Waals surface area contributed by atoms with Crippen LogP contribution in [0.2, 0.25) is 0 Å². The van der Waals surface area contributed by atoms with E-state index in [2.05, 4.69) is 34.2 Å². The van der Waals surface area contributed by atoms with Gasteiger partial charge in [-0.25, -0.2) is 0 Å². The lowest BCUT2D eigenvalue weighted by molar-refractivity contribution is -0.125. The fourth-order valence-corrected chi connectivity index (χ4v) is 6.46. The van der Waals surface area contributed by atoms with Gasteiger partial charge in [-0.15, -0.1) is 0 Å². The van der Waals surface area contributed by atoms with Gasteiger partial charge in [0.15, 0.2) is 0 Å². The number of rotatable bonds is 3. The lowest BCUT2D eigenvalue weighted by Crippen LogP contribution is -2.56. The molecule has 142 valence electrons. The summed E-state index contributed by atoms with van der Waals surface area (Å²) in [6, 6.07) is 5.86. The van der Waals surface area contributed by atoms with Gasteiger partial charge in [0.2, 0.25) is 5.91 Å². The summed E-state index contributed by atoms with van der Waals surface area (Å²) >= 11 is 3.18. The van der Waals surface area contributed by atoms with Gasteiger partial charge in [0.1, 0.15) is 5.75 Å². The van der Waals surface area contributed by atoms with Crippen LogP contribution in [0.25, 0.3) is 0 Å². The van der Waals surface area contributed by atoms with E-state index in [0.29, 0.717) is 30.0 Å². The van der Waals surface area contributed by atoms with Crippen LogP contribution in [-0.4, -0.2) is 33.6 Å². The average Bonchev–Trinajstić information content (AvgIpc) is 2.91. The average molecular weight is 422 g/mol. The first-order valence-corrected chi connectivity index (χ1v) is 10.9. The van der Waals surface area contributed by atoms with Crippen molar-refractivity contribution in [3.63, 3.8) is 0 Å². The lowest BCUT2D eigenvalue weighted by atomic mass is 9.53. The second kappa shape index (κ2) is 6.52. The number of aromatic hydroxyl groups is 1. The molecule has 0 bridgehead atoms. The number of alkyl halides is 1. The minimum absolute atomic E-state index is 0.0643. The fourth-order valence-electron chi connectivity index (χ4n) is 6.26. The first-order chi connectivity index (χ1) is 12.4. The van der Waals surface area contributed by atoms with E-state index < -0.39 is 5.60 Å². The van der Waals surface area contributed by atoms with E-state index in [1.165, 1.54) is 11.1 Å². The molecule has 5 heteroatoms. The van der Waals surface area contributed by atoms with E-state index in [4.69, 9.17) is 0 Å². The Kier molecular flexibility index (Phi) is 4.59. The van der Waals surface area contributed by atoms with Gasteiger partial charge in [-0.3, -0.25) is 4.79 Å². The van der Waals surface area contributed by atoms with E-state index >= 15 is 0 Å². The smallest absolute Gasteiger partial charge is 0.230 e. The summed E-state index contributed by atoms with van der Waals surface area (Å²) in [6.07, 6.45) is 6.00. The maximum absolute atomic E-state index is 11.7. The number of hydrogen-bond donors (Lipinski definition) is 3. The Morgan fingerprint density at radius 2 is 2.12 bits per heavy atom. The molecule has 3 aliphatic rings. The Morgan fingerprint density at radius 3 is 2.88 bits per heavy atom. The number of nitrogens with one attached hydrogen (secondary N) is 1. The first kappa shape index (κ1) is 18.3. The predicted octanol–water partition coefficient (Wildman–Crippen LogP) is 3.49. The highest BCUT2D eigenvalue weighted by molar-refractivity contribution is 9.09. The Hall–Kier alpha value is -1.07.